The Morgan fingerprint density at radius 3 is 0.806 bits per heavy atom. The molecule has 0 radical (unpaired) electrons. The summed E-state index contributed by atoms with van der Waals surface area (Å²) in [4.78, 5) is 0. The van der Waals surface area contributed by atoms with E-state index in [0.717, 1.165) is 44.5 Å². The third-order valence-corrected chi connectivity index (χ3v) is 12.4. The van der Waals surface area contributed by atoms with Crippen LogP contribution in [0.15, 0.2) is 72.8 Å². The van der Waals surface area contributed by atoms with Gasteiger partial charge in [-0.3, -0.25) is 0 Å². The quantitative estimate of drug-likeness (QED) is 0.0388. The topological polar surface area (TPSA) is 280 Å². The molecule has 0 spiro atoms. The summed E-state index contributed by atoms with van der Waals surface area (Å²) in [6.45, 7) is 6.59. The molecular weight excluding hydrogens is 929 g/mol. The van der Waals surface area contributed by atoms with Crippen molar-refractivity contribution < 1.29 is 80.2 Å². The molecule has 0 aliphatic heterocycles. The van der Waals surface area contributed by atoms with Gasteiger partial charge in [0.15, 0.2) is 0 Å². The molecule has 12 N–H and O–H groups in total. The first-order valence-electron chi connectivity index (χ1n) is 22.9. The average Bonchev–Trinajstić information content (AvgIpc) is 3.36. The first-order valence-corrected chi connectivity index (χ1v) is 22.9. The van der Waals surface area contributed by atoms with Gasteiger partial charge in [0, 0.05) is 89.5 Å². The van der Waals surface area contributed by atoms with Crippen molar-refractivity contribution >= 4 is 0 Å². The highest BCUT2D eigenvalue weighted by molar-refractivity contribution is 5.70. The molecule has 6 aromatic carbocycles. The lowest BCUT2D eigenvalue weighted by molar-refractivity contribution is 0.174. The molecule has 72 heavy (non-hydrogen) atoms. The van der Waals surface area contributed by atoms with Gasteiger partial charge in [0.05, 0.1) is 66.1 Å². The van der Waals surface area contributed by atoms with E-state index in [1.54, 1.807) is 78.7 Å². The molecule has 6 aromatic rings. The number of hydrogen-bond donors (Lipinski definition) is 12. The van der Waals surface area contributed by atoms with E-state index in [4.69, 9.17) is 18.9 Å². The van der Waals surface area contributed by atoms with Crippen LogP contribution in [0.3, 0.4) is 0 Å². The largest absolute Gasteiger partial charge is 0.507 e. The lowest BCUT2D eigenvalue weighted by Crippen LogP contribution is -2.20. The SMILES string of the molecule is CC(C)(c1cc(CO)c(O)c(CO)c1)c1cc(CO)c(O)c(CO)c1.COCc1cc(-c2cc(COC)c(O)c(COC)c2)cc(COC)c1O.Cc1cc(Cc2cc(C)c(O)c(CO)c2)cc(CO)c1O. The Morgan fingerprint density at radius 2 is 0.569 bits per heavy atom. The van der Waals surface area contributed by atoms with E-state index in [1.807, 2.05) is 50.2 Å². The van der Waals surface area contributed by atoms with E-state index < -0.39 is 5.41 Å². The van der Waals surface area contributed by atoms with Gasteiger partial charge in [-0.2, -0.15) is 0 Å². The number of aliphatic hydroxyl groups excluding tert-OH is 6. The third-order valence-electron chi connectivity index (χ3n) is 12.4. The maximum absolute atomic E-state index is 10.4. The summed E-state index contributed by atoms with van der Waals surface area (Å²) in [5, 5.41) is 117. The Hall–Kier alpha value is -6.28. The number of aromatic hydroxyl groups is 6. The molecule has 0 atom stereocenters. The van der Waals surface area contributed by atoms with Crippen molar-refractivity contribution in [1.82, 2.24) is 0 Å². The van der Waals surface area contributed by atoms with Crippen molar-refractivity contribution in [2.24, 2.45) is 0 Å². The summed E-state index contributed by atoms with van der Waals surface area (Å²) in [6, 6.07) is 21.4. The Morgan fingerprint density at radius 1 is 0.333 bits per heavy atom. The second-order valence-electron chi connectivity index (χ2n) is 17.9. The Bertz CT molecular complexity index is 2480. The molecular formula is C56H70O16. The zero-order valence-corrected chi connectivity index (χ0v) is 42.2. The predicted octanol–water partition coefficient (Wildman–Crippen LogP) is 7.03. The monoisotopic (exact) mass is 998 g/mol. The molecule has 0 heterocycles. The fourth-order valence-electron chi connectivity index (χ4n) is 8.35. The second-order valence-corrected chi connectivity index (χ2v) is 17.9. The average molecular weight is 999 g/mol. The molecule has 0 fully saturated rings. The van der Waals surface area contributed by atoms with Crippen LogP contribution in [0.5, 0.6) is 34.5 Å². The van der Waals surface area contributed by atoms with Crippen molar-refractivity contribution in [3.05, 3.63) is 162 Å². The normalized spacial score (nSPS) is 11.2. The summed E-state index contributed by atoms with van der Waals surface area (Å²) >= 11 is 0. The van der Waals surface area contributed by atoms with E-state index in [2.05, 4.69) is 0 Å². The molecule has 0 bridgehead atoms. The fraction of sp³-hybridized carbons (Fsp3) is 0.357. The van der Waals surface area contributed by atoms with E-state index in [1.165, 1.54) is 0 Å². The van der Waals surface area contributed by atoms with E-state index >= 15 is 0 Å². The van der Waals surface area contributed by atoms with E-state index in [-0.39, 0.29) is 101 Å². The molecule has 0 unspecified atom stereocenters. The van der Waals surface area contributed by atoms with Gasteiger partial charge >= 0.3 is 0 Å². The number of ether oxygens (including phenoxy) is 4. The third kappa shape index (κ3) is 14.0. The summed E-state index contributed by atoms with van der Waals surface area (Å²) in [5.74, 6) is 0.319. The first-order chi connectivity index (χ1) is 34.3. The highest BCUT2D eigenvalue weighted by Crippen LogP contribution is 2.40. The van der Waals surface area contributed by atoms with Crippen molar-refractivity contribution in [3.63, 3.8) is 0 Å². The first kappa shape index (κ1) is 58.3. The van der Waals surface area contributed by atoms with Crippen molar-refractivity contribution in [1.29, 1.82) is 0 Å². The number of rotatable bonds is 19. The van der Waals surface area contributed by atoms with Crippen LogP contribution >= 0.6 is 0 Å². The van der Waals surface area contributed by atoms with Crippen LogP contribution in [0.25, 0.3) is 11.1 Å². The molecule has 0 saturated carbocycles. The minimum absolute atomic E-state index is 0.124. The van der Waals surface area contributed by atoms with Gasteiger partial charge in [-0.15, -0.1) is 0 Å². The number of benzene rings is 6. The number of methoxy groups -OCH3 is 4. The number of phenols is 6. The molecule has 0 amide bonds. The van der Waals surface area contributed by atoms with Crippen LogP contribution in [0.4, 0.5) is 0 Å². The maximum atomic E-state index is 10.4. The lowest BCUT2D eigenvalue weighted by atomic mass is 9.76. The van der Waals surface area contributed by atoms with Gasteiger partial charge in [0.2, 0.25) is 0 Å². The van der Waals surface area contributed by atoms with Crippen LogP contribution in [0.1, 0.15) is 103 Å². The van der Waals surface area contributed by atoms with Crippen LogP contribution < -0.4 is 0 Å². The van der Waals surface area contributed by atoms with Crippen LogP contribution in [0.2, 0.25) is 0 Å². The van der Waals surface area contributed by atoms with Crippen molar-refractivity contribution in [2.45, 2.75) is 106 Å². The van der Waals surface area contributed by atoms with Crippen LogP contribution in [0, 0.1) is 13.8 Å². The van der Waals surface area contributed by atoms with Gasteiger partial charge in [0.1, 0.15) is 34.5 Å². The lowest BCUT2D eigenvalue weighted by Gasteiger charge is -2.29. The summed E-state index contributed by atoms with van der Waals surface area (Å²) in [6.07, 6.45) is 0.599. The zero-order valence-electron chi connectivity index (χ0n) is 42.2. The van der Waals surface area contributed by atoms with Gasteiger partial charge in [-0.1, -0.05) is 26.0 Å². The summed E-state index contributed by atoms with van der Waals surface area (Å²) in [5.41, 5.74) is 10.9. The zero-order chi connectivity index (χ0) is 53.4. The van der Waals surface area contributed by atoms with Gasteiger partial charge in [0.25, 0.3) is 0 Å². The van der Waals surface area contributed by atoms with Gasteiger partial charge < -0.3 is 80.2 Å². The van der Waals surface area contributed by atoms with Crippen molar-refractivity contribution in [2.75, 3.05) is 28.4 Å². The highest BCUT2D eigenvalue weighted by Gasteiger charge is 2.28. The molecule has 0 saturated heterocycles. The van der Waals surface area contributed by atoms with Crippen LogP contribution in [-0.4, -0.2) is 89.7 Å². The number of hydrogen-bond acceptors (Lipinski definition) is 16. The molecule has 0 aliphatic rings. The van der Waals surface area contributed by atoms with Crippen LogP contribution in [-0.2, 0) is 96.9 Å². The van der Waals surface area contributed by atoms with Gasteiger partial charge in [-0.05, 0) is 125 Å². The smallest absolute Gasteiger partial charge is 0.126 e. The molecule has 0 aromatic heterocycles. The second kappa shape index (κ2) is 27.0. The molecule has 6 rings (SSSR count). The Kier molecular flexibility index (Phi) is 21.8. The minimum Gasteiger partial charge on any atom is -0.507 e. The van der Waals surface area contributed by atoms with Gasteiger partial charge in [-0.25, -0.2) is 0 Å². The molecule has 0 aliphatic carbocycles. The molecule has 390 valence electrons. The molecule has 16 nitrogen and oxygen atoms in total. The maximum Gasteiger partial charge on any atom is 0.126 e. The Labute approximate surface area is 420 Å². The van der Waals surface area contributed by atoms with E-state index in [9.17, 15) is 61.3 Å². The van der Waals surface area contributed by atoms with E-state index in [0.29, 0.717) is 62.1 Å². The highest BCUT2D eigenvalue weighted by atomic mass is 16.5. The minimum atomic E-state index is -0.636. The standard InChI is InChI=1S/C20H26O6.C19H24O6.C17H20O4/c1-23-9-15-5-13(6-16(10-24-2)19(15)21)14-7-17(11-25-3)20(22)18(8-14)12-26-4;1-19(2,15-3-11(7-20)17(24)12(4-15)8-21)16-5-13(9-22)18(25)14(6-16)10-23;1-10-3-12(6-14(8-18)16(10)20)5-13-4-11(2)17(21)15(7-13)9-19/h5-8,21-22H,9-12H2,1-4H3;3-6,20-25H,7-10H2,1-2H3;3-4,6-7,18-21H,5,8-9H2,1-2H3. The summed E-state index contributed by atoms with van der Waals surface area (Å²) in [7, 11) is 6.32. The number of phenolic OH excluding ortho intramolecular Hbond substituents is 2. The number of aryl methyl sites for hydroxylation is 2. The fourth-order valence-corrected chi connectivity index (χ4v) is 8.35. The summed E-state index contributed by atoms with van der Waals surface area (Å²) < 4.78 is 20.8. The van der Waals surface area contributed by atoms with Crippen molar-refractivity contribution in [3.8, 4) is 45.6 Å². The predicted molar refractivity (Wildman–Crippen MR) is 270 cm³/mol. The Balaban J connectivity index is 0.000000236. The number of aliphatic hydroxyl groups is 6. The molecule has 16 heteroatoms.